The predicted molar refractivity (Wildman–Crippen MR) is 71.9 cm³/mol. The average Bonchev–Trinajstić information content (AvgIpc) is 2.53. The van der Waals surface area contributed by atoms with Crippen LogP contribution in [0, 0.1) is 0 Å². The first-order valence-corrected chi connectivity index (χ1v) is 6.03. The highest BCUT2D eigenvalue weighted by molar-refractivity contribution is 5.94. The lowest BCUT2D eigenvalue weighted by Gasteiger charge is -2.22. The van der Waals surface area contributed by atoms with Crippen LogP contribution in [0.15, 0.2) is 29.6 Å². The van der Waals surface area contributed by atoms with Gasteiger partial charge in [0, 0.05) is 18.0 Å². The third-order valence-corrected chi connectivity index (χ3v) is 2.61. The molecule has 10 heteroatoms. The van der Waals surface area contributed by atoms with Crippen molar-refractivity contribution in [3.63, 3.8) is 0 Å². The fraction of sp³-hybridized carbons (Fsp3) is 0.333. The number of aliphatic hydroxyl groups excluding tert-OH is 4. The summed E-state index contributed by atoms with van der Waals surface area (Å²) in [5, 5.41) is 49.1. The molecule has 0 saturated heterocycles. The zero-order valence-corrected chi connectivity index (χ0v) is 11.1. The summed E-state index contributed by atoms with van der Waals surface area (Å²) >= 11 is 0. The second-order valence-corrected chi connectivity index (χ2v) is 4.21. The molecular formula is C12H15N3O7. The van der Waals surface area contributed by atoms with E-state index in [-0.39, 0.29) is 5.56 Å². The number of aliphatic carboxylic acids is 1. The summed E-state index contributed by atoms with van der Waals surface area (Å²) in [7, 11) is 0. The molecule has 0 aliphatic rings. The van der Waals surface area contributed by atoms with Gasteiger partial charge in [-0.1, -0.05) is 0 Å². The highest BCUT2D eigenvalue weighted by Gasteiger charge is 2.33. The Kier molecular flexibility index (Phi) is 6.53. The molecule has 4 atom stereocenters. The second kappa shape index (κ2) is 8.14. The number of carbonyl (C=O) groups excluding carboxylic acids is 1. The summed E-state index contributed by atoms with van der Waals surface area (Å²) in [6, 6.07) is 2.84. The number of nitrogens with zero attached hydrogens (tertiary/aromatic N) is 2. The number of carboxylic acid groups (broad SMARTS) is 1. The van der Waals surface area contributed by atoms with Crippen LogP contribution in [0.2, 0.25) is 0 Å². The highest BCUT2D eigenvalue weighted by Crippen LogP contribution is 2.04. The number of hydrazone groups is 1. The molecule has 0 aromatic carbocycles. The van der Waals surface area contributed by atoms with Crippen molar-refractivity contribution in [2.45, 2.75) is 24.4 Å². The monoisotopic (exact) mass is 313 g/mol. The second-order valence-electron chi connectivity index (χ2n) is 4.21. The number of aromatic nitrogens is 1. The van der Waals surface area contributed by atoms with Gasteiger partial charge in [-0.05, 0) is 12.1 Å². The number of carboxylic acids is 1. The van der Waals surface area contributed by atoms with Crippen molar-refractivity contribution in [2.75, 3.05) is 0 Å². The molecule has 0 bridgehead atoms. The van der Waals surface area contributed by atoms with Crippen molar-refractivity contribution in [3.05, 3.63) is 30.1 Å². The van der Waals surface area contributed by atoms with E-state index >= 15 is 0 Å². The van der Waals surface area contributed by atoms with Gasteiger partial charge in [0.1, 0.15) is 18.3 Å². The van der Waals surface area contributed by atoms with Crippen LogP contribution < -0.4 is 5.43 Å². The molecule has 0 spiro atoms. The lowest BCUT2D eigenvalue weighted by atomic mass is 10.0. The van der Waals surface area contributed by atoms with E-state index in [1.165, 1.54) is 24.5 Å². The molecule has 1 rings (SSSR count). The fourth-order valence-electron chi connectivity index (χ4n) is 1.36. The van der Waals surface area contributed by atoms with E-state index in [0.29, 0.717) is 6.21 Å². The van der Waals surface area contributed by atoms with Crippen molar-refractivity contribution in [1.29, 1.82) is 0 Å². The van der Waals surface area contributed by atoms with E-state index in [1.54, 1.807) is 0 Å². The minimum absolute atomic E-state index is 0.253. The lowest BCUT2D eigenvalue weighted by molar-refractivity contribution is -0.160. The van der Waals surface area contributed by atoms with Gasteiger partial charge in [0.05, 0.1) is 6.21 Å². The van der Waals surface area contributed by atoms with Gasteiger partial charge in [0.25, 0.3) is 5.91 Å². The molecule has 1 aromatic heterocycles. The molecule has 10 nitrogen and oxygen atoms in total. The van der Waals surface area contributed by atoms with Crippen LogP contribution in [-0.4, -0.2) is 73.0 Å². The third kappa shape index (κ3) is 4.86. The van der Waals surface area contributed by atoms with Gasteiger partial charge in [-0.15, -0.1) is 0 Å². The Hall–Kier alpha value is -2.40. The zero-order chi connectivity index (χ0) is 16.7. The van der Waals surface area contributed by atoms with Gasteiger partial charge in [-0.25, -0.2) is 10.2 Å². The van der Waals surface area contributed by atoms with Crippen molar-refractivity contribution >= 4 is 18.1 Å². The maximum Gasteiger partial charge on any atom is 0.335 e. The molecule has 1 heterocycles. The minimum Gasteiger partial charge on any atom is -0.479 e. The van der Waals surface area contributed by atoms with Crippen LogP contribution in [0.25, 0.3) is 0 Å². The Morgan fingerprint density at radius 1 is 1.14 bits per heavy atom. The Morgan fingerprint density at radius 3 is 2.27 bits per heavy atom. The number of hydrogen-bond donors (Lipinski definition) is 6. The maximum atomic E-state index is 11.6. The Bertz CT molecular complexity index is 537. The molecule has 4 unspecified atom stereocenters. The summed E-state index contributed by atoms with van der Waals surface area (Å²) in [4.78, 5) is 25.7. The van der Waals surface area contributed by atoms with Crippen LogP contribution in [0.4, 0.5) is 0 Å². The van der Waals surface area contributed by atoms with E-state index in [0.717, 1.165) is 0 Å². The highest BCUT2D eigenvalue weighted by atomic mass is 16.4. The van der Waals surface area contributed by atoms with Gasteiger partial charge in [0.15, 0.2) is 6.10 Å². The summed E-state index contributed by atoms with van der Waals surface area (Å²) < 4.78 is 0. The lowest BCUT2D eigenvalue weighted by Crippen LogP contribution is -2.48. The first-order chi connectivity index (χ1) is 10.3. The molecule has 0 fully saturated rings. The van der Waals surface area contributed by atoms with E-state index < -0.39 is 36.3 Å². The first-order valence-electron chi connectivity index (χ1n) is 6.03. The number of hydrogen-bond acceptors (Lipinski definition) is 8. The third-order valence-electron chi connectivity index (χ3n) is 2.61. The number of amides is 1. The molecule has 0 aliphatic carbocycles. The zero-order valence-electron chi connectivity index (χ0n) is 11.1. The van der Waals surface area contributed by atoms with Crippen LogP contribution in [0.1, 0.15) is 10.4 Å². The molecule has 120 valence electrons. The summed E-state index contributed by atoms with van der Waals surface area (Å²) in [6.45, 7) is 0. The molecule has 0 aliphatic heterocycles. The molecular weight excluding hydrogens is 298 g/mol. The predicted octanol–water partition coefficient (Wildman–Crippen LogP) is -2.67. The molecule has 0 saturated carbocycles. The van der Waals surface area contributed by atoms with E-state index in [1.807, 2.05) is 5.43 Å². The number of carbonyl (C=O) groups is 2. The average molecular weight is 313 g/mol. The summed E-state index contributed by atoms with van der Waals surface area (Å²) in [5.41, 5.74) is 2.30. The largest absolute Gasteiger partial charge is 0.479 e. The van der Waals surface area contributed by atoms with Crippen LogP contribution in [0.5, 0.6) is 0 Å². The van der Waals surface area contributed by atoms with Crippen LogP contribution in [-0.2, 0) is 4.79 Å². The van der Waals surface area contributed by atoms with Crippen molar-refractivity contribution in [1.82, 2.24) is 10.4 Å². The van der Waals surface area contributed by atoms with Crippen LogP contribution in [0.3, 0.4) is 0 Å². The number of nitrogens with one attached hydrogen (secondary N) is 1. The molecule has 1 amide bonds. The minimum atomic E-state index is -2.27. The quantitative estimate of drug-likeness (QED) is 0.233. The smallest absolute Gasteiger partial charge is 0.335 e. The van der Waals surface area contributed by atoms with Gasteiger partial charge >= 0.3 is 5.97 Å². The molecule has 0 radical (unpaired) electrons. The number of pyridine rings is 1. The van der Waals surface area contributed by atoms with Gasteiger partial charge in [-0.3, -0.25) is 9.78 Å². The number of rotatable bonds is 7. The van der Waals surface area contributed by atoms with Crippen molar-refractivity contribution in [3.8, 4) is 0 Å². The van der Waals surface area contributed by atoms with E-state index in [2.05, 4.69) is 10.1 Å². The molecule has 1 aromatic rings. The Labute approximate surface area is 124 Å². The molecule has 22 heavy (non-hydrogen) atoms. The Morgan fingerprint density at radius 2 is 1.73 bits per heavy atom. The first kappa shape index (κ1) is 17.7. The SMILES string of the molecule is O=C(N/N=C/C(O)C(O)C(O)C(O)C(=O)O)c1ccncc1. The summed E-state index contributed by atoms with van der Waals surface area (Å²) in [6.07, 6.45) is -4.75. The molecule has 6 N–H and O–H groups in total. The Balaban J connectivity index is 2.55. The topological polar surface area (TPSA) is 173 Å². The van der Waals surface area contributed by atoms with Crippen molar-refractivity contribution in [2.24, 2.45) is 5.10 Å². The normalized spacial score (nSPS) is 16.7. The van der Waals surface area contributed by atoms with Gasteiger partial charge in [0.2, 0.25) is 0 Å². The number of aliphatic hydroxyl groups is 4. The van der Waals surface area contributed by atoms with Gasteiger partial charge in [-0.2, -0.15) is 5.10 Å². The standard InChI is InChI=1S/C12H15N3O7/c16-7(8(17)9(18)10(19)12(21)22)5-14-15-11(20)6-1-3-13-4-2-6/h1-5,7-10,16-19H,(H,15,20)(H,21,22)/b14-5+. The van der Waals surface area contributed by atoms with Crippen LogP contribution >= 0.6 is 0 Å². The van der Waals surface area contributed by atoms with Gasteiger partial charge < -0.3 is 25.5 Å². The van der Waals surface area contributed by atoms with Crippen molar-refractivity contribution < 1.29 is 35.1 Å². The van der Waals surface area contributed by atoms with E-state index in [9.17, 15) is 24.9 Å². The maximum absolute atomic E-state index is 11.6. The van der Waals surface area contributed by atoms with E-state index in [4.69, 9.17) is 10.2 Å². The summed E-state index contributed by atoms with van der Waals surface area (Å²) in [5.74, 6) is -2.37. The fourth-order valence-corrected chi connectivity index (χ4v) is 1.36.